The largest absolute Gasteiger partial charge is 0.503 e. The first-order chi connectivity index (χ1) is 12.8. The summed E-state index contributed by atoms with van der Waals surface area (Å²) in [7, 11) is 1.36. The Balaban J connectivity index is 1.98. The molecule has 0 spiro atoms. The third-order valence-electron chi connectivity index (χ3n) is 4.24. The molecule has 27 heavy (non-hydrogen) atoms. The van der Waals surface area contributed by atoms with Crippen molar-refractivity contribution in [1.82, 2.24) is 15.3 Å². The normalized spacial score (nSPS) is 13.9. The van der Waals surface area contributed by atoms with E-state index in [1.165, 1.54) is 26.3 Å². The van der Waals surface area contributed by atoms with Crippen LogP contribution in [0.4, 0.5) is 0 Å². The van der Waals surface area contributed by atoms with Gasteiger partial charge in [-0.05, 0) is 25.5 Å². The lowest BCUT2D eigenvalue weighted by atomic mass is 9.98. The van der Waals surface area contributed by atoms with Gasteiger partial charge in [0.15, 0.2) is 17.2 Å². The number of carbonyl (C=O) groups is 2. The van der Waals surface area contributed by atoms with Gasteiger partial charge in [0.25, 0.3) is 5.91 Å². The van der Waals surface area contributed by atoms with Crippen LogP contribution in [0.5, 0.6) is 11.5 Å². The maximum Gasteiger partial charge on any atom is 0.328 e. The van der Waals surface area contributed by atoms with Crippen molar-refractivity contribution >= 4 is 11.9 Å². The molecule has 0 radical (unpaired) electrons. The summed E-state index contributed by atoms with van der Waals surface area (Å²) in [5.41, 5.74) is 0.714. The third-order valence-corrected chi connectivity index (χ3v) is 4.24. The number of nitrogens with zero attached hydrogens (tertiary/aromatic N) is 2. The molecule has 8 nitrogen and oxygen atoms in total. The predicted molar refractivity (Wildman–Crippen MR) is 97.6 cm³/mol. The summed E-state index contributed by atoms with van der Waals surface area (Å²) in [6, 6.07) is 4.22. The number of hydrogen-bond donors (Lipinski definition) is 2. The number of esters is 1. The van der Waals surface area contributed by atoms with Crippen LogP contribution in [0.3, 0.4) is 0 Å². The number of rotatable bonds is 7. The summed E-state index contributed by atoms with van der Waals surface area (Å²) in [5, 5.41) is 12.5. The van der Waals surface area contributed by atoms with E-state index in [1.807, 2.05) is 19.1 Å². The molecule has 2 unspecified atom stereocenters. The number of aromatic hydroxyl groups is 1. The van der Waals surface area contributed by atoms with E-state index in [1.54, 1.807) is 19.3 Å². The van der Waals surface area contributed by atoms with Gasteiger partial charge >= 0.3 is 5.97 Å². The number of amides is 1. The lowest BCUT2D eigenvalue weighted by molar-refractivity contribution is -0.151. The van der Waals surface area contributed by atoms with E-state index in [2.05, 4.69) is 15.3 Å². The molecule has 0 aromatic carbocycles. The SMILES string of the molecule is COc1ccnc(C(=O)N[C@@H](C)C(=O)OC(C)C(C)c2cccnc2)c1O. The second kappa shape index (κ2) is 8.98. The smallest absolute Gasteiger partial charge is 0.328 e. The summed E-state index contributed by atoms with van der Waals surface area (Å²) in [5.74, 6) is -1.63. The number of aromatic nitrogens is 2. The topological polar surface area (TPSA) is 111 Å². The van der Waals surface area contributed by atoms with Gasteiger partial charge in [-0.15, -0.1) is 0 Å². The molecule has 0 fully saturated rings. The fourth-order valence-electron chi connectivity index (χ4n) is 2.39. The number of hydrogen-bond acceptors (Lipinski definition) is 7. The highest BCUT2D eigenvalue weighted by molar-refractivity contribution is 5.97. The van der Waals surface area contributed by atoms with Crippen molar-refractivity contribution in [2.75, 3.05) is 7.11 Å². The van der Waals surface area contributed by atoms with E-state index >= 15 is 0 Å². The van der Waals surface area contributed by atoms with Crippen molar-refractivity contribution in [2.45, 2.75) is 38.8 Å². The standard InChI is InChI=1S/C19H23N3O5/c1-11(14-6-5-8-20-10-14)13(3)27-19(25)12(2)22-18(24)16-17(23)15(26-4)7-9-21-16/h5-13,23H,1-4H3,(H,22,24)/t11?,12-,13?/m0/s1. The summed E-state index contributed by atoms with van der Waals surface area (Å²) < 4.78 is 10.4. The fraction of sp³-hybridized carbons (Fsp3) is 0.368. The van der Waals surface area contributed by atoms with Gasteiger partial charge in [0.05, 0.1) is 7.11 Å². The van der Waals surface area contributed by atoms with E-state index in [4.69, 9.17) is 9.47 Å². The molecule has 0 aliphatic heterocycles. The molecule has 0 bridgehead atoms. The van der Waals surface area contributed by atoms with Crippen molar-refractivity contribution in [2.24, 2.45) is 0 Å². The number of nitrogens with one attached hydrogen (secondary N) is 1. The third kappa shape index (κ3) is 4.93. The minimum Gasteiger partial charge on any atom is -0.503 e. The van der Waals surface area contributed by atoms with Gasteiger partial charge in [-0.2, -0.15) is 0 Å². The molecule has 2 heterocycles. The zero-order valence-electron chi connectivity index (χ0n) is 15.7. The first-order valence-corrected chi connectivity index (χ1v) is 8.48. The van der Waals surface area contributed by atoms with Crippen LogP contribution in [0.1, 0.15) is 42.7 Å². The summed E-state index contributed by atoms with van der Waals surface area (Å²) in [6.07, 6.45) is 4.31. The molecule has 144 valence electrons. The number of carbonyl (C=O) groups excluding carboxylic acids is 2. The summed E-state index contributed by atoms with van der Waals surface area (Å²) in [6.45, 7) is 5.20. The Morgan fingerprint density at radius 1 is 1.19 bits per heavy atom. The zero-order chi connectivity index (χ0) is 20.0. The van der Waals surface area contributed by atoms with Crippen LogP contribution in [0.25, 0.3) is 0 Å². The Hall–Kier alpha value is -3.16. The molecule has 2 aromatic rings. The summed E-state index contributed by atoms with van der Waals surface area (Å²) >= 11 is 0. The average molecular weight is 373 g/mol. The van der Waals surface area contributed by atoms with E-state index in [0.717, 1.165) is 5.56 Å². The van der Waals surface area contributed by atoms with Crippen molar-refractivity contribution < 1.29 is 24.2 Å². The maximum atomic E-state index is 12.3. The second-order valence-corrected chi connectivity index (χ2v) is 6.12. The van der Waals surface area contributed by atoms with E-state index in [-0.39, 0.29) is 17.4 Å². The van der Waals surface area contributed by atoms with Crippen LogP contribution in [-0.4, -0.2) is 46.2 Å². The lowest BCUT2D eigenvalue weighted by Gasteiger charge is -2.22. The molecular weight excluding hydrogens is 350 g/mol. The lowest BCUT2D eigenvalue weighted by Crippen LogP contribution is -2.41. The molecule has 0 aliphatic carbocycles. The molecule has 8 heteroatoms. The van der Waals surface area contributed by atoms with Crippen molar-refractivity contribution in [3.05, 3.63) is 48.0 Å². The first-order valence-electron chi connectivity index (χ1n) is 8.48. The van der Waals surface area contributed by atoms with E-state index in [9.17, 15) is 14.7 Å². The molecular formula is C19H23N3O5. The van der Waals surface area contributed by atoms with Gasteiger partial charge < -0.3 is 19.9 Å². The van der Waals surface area contributed by atoms with Gasteiger partial charge in [-0.25, -0.2) is 9.78 Å². The second-order valence-electron chi connectivity index (χ2n) is 6.12. The maximum absolute atomic E-state index is 12.3. The van der Waals surface area contributed by atoms with Crippen LogP contribution in [0.2, 0.25) is 0 Å². The molecule has 3 atom stereocenters. The zero-order valence-corrected chi connectivity index (χ0v) is 15.7. The first kappa shape index (κ1) is 20.2. The highest BCUT2D eigenvalue weighted by atomic mass is 16.5. The molecule has 1 amide bonds. The highest BCUT2D eigenvalue weighted by Gasteiger charge is 2.25. The molecule has 0 aliphatic rings. The van der Waals surface area contributed by atoms with E-state index in [0.29, 0.717) is 0 Å². The van der Waals surface area contributed by atoms with Gasteiger partial charge in [0, 0.05) is 30.6 Å². The average Bonchev–Trinajstić information content (AvgIpc) is 2.67. The molecule has 0 saturated heterocycles. The van der Waals surface area contributed by atoms with Crippen molar-refractivity contribution in [3.8, 4) is 11.5 Å². The van der Waals surface area contributed by atoms with E-state index < -0.39 is 29.8 Å². The van der Waals surface area contributed by atoms with Crippen LogP contribution in [0.15, 0.2) is 36.8 Å². The number of ether oxygens (including phenoxy) is 2. The van der Waals surface area contributed by atoms with Gasteiger partial charge in [-0.3, -0.25) is 9.78 Å². The Kier molecular flexibility index (Phi) is 6.70. The summed E-state index contributed by atoms with van der Waals surface area (Å²) in [4.78, 5) is 32.5. The Morgan fingerprint density at radius 3 is 2.56 bits per heavy atom. The van der Waals surface area contributed by atoms with Gasteiger partial charge in [0.2, 0.25) is 0 Å². The molecule has 2 N–H and O–H groups in total. The molecule has 2 rings (SSSR count). The van der Waals surface area contributed by atoms with Crippen molar-refractivity contribution in [3.63, 3.8) is 0 Å². The quantitative estimate of drug-likeness (QED) is 0.715. The Morgan fingerprint density at radius 2 is 1.93 bits per heavy atom. The minimum atomic E-state index is -0.923. The monoisotopic (exact) mass is 373 g/mol. The predicted octanol–water partition coefficient (Wildman–Crippen LogP) is 2.04. The van der Waals surface area contributed by atoms with Crippen LogP contribution >= 0.6 is 0 Å². The van der Waals surface area contributed by atoms with Crippen LogP contribution < -0.4 is 10.1 Å². The Labute approximate surface area is 157 Å². The van der Waals surface area contributed by atoms with Crippen LogP contribution in [0, 0.1) is 0 Å². The molecule has 0 saturated carbocycles. The fourth-order valence-corrected chi connectivity index (χ4v) is 2.39. The molecule has 2 aromatic heterocycles. The Bertz CT molecular complexity index is 797. The minimum absolute atomic E-state index is 0.0605. The van der Waals surface area contributed by atoms with Gasteiger partial charge in [-0.1, -0.05) is 13.0 Å². The van der Waals surface area contributed by atoms with Crippen LogP contribution in [-0.2, 0) is 9.53 Å². The van der Waals surface area contributed by atoms with Gasteiger partial charge in [0.1, 0.15) is 12.1 Å². The highest BCUT2D eigenvalue weighted by Crippen LogP contribution is 2.27. The van der Waals surface area contributed by atoms with Crippen molar-refractivity contribution in [1.29, 1.82) is 0 Å². The number of methoxy groups -OCH3 is 1. The number of pyridine rings is 2.